The molecule has 2 rings (SSSR count). The maximum Gasteiger partial charge on any atom is 0.0796 e. The molecule has 0 amide bonds. The van der Waals surface area contributed by atoms with Crippen molar-refractivity contribution in [2.24, 2.45) is 0 Å². The van der Waals surface area contributed by atoms with Crippen molar-refractivity contribution in [1.29, 1.82) is 0 Å². The number of quaternary nitrogens is 1. The number of halogens is 1. The van der Waals surface area contributed by atoms with Gasteiger partial charge in [0.15, 0.2) is 0 Å². The van der Waals surface area contributed by atoms with E-state index in [9.17, 15) is 0 Å². The first-order chi connectivity index (χ1) is 9.45. The van der Waals surface area contributed by atoms with Gasteiger partial charge in [-0.05, 0) is 30.4 Å². The molecule has 2 aromatic carbocycles. The first kappa shape index (κ1) is 16.7. The van der Waals surface area contributed by atoms with Crippen LogP contribution in [0.1, 0.15) is 24.0 Å². The Bertz CT molecular complexity index is 398. The topological polar surface area (TPSA) is 16.6 Å². The SMILES string of the molecule is [Cl-].c1ccc(CCCC[NH2+]CCc2ccccc2)cc1. The van der Waals surface area contributed by atoms with Crippen LogP contribution in [0, 0.1) is 0 Å². The van der Waals surface area contributed by atoms with Crippen LogP contribution in [0.3, 0.4) is 0 Å². The lowest BCUT2D eigenvalue weighted by atomic mass is 10.1. The van der Waals surface area contributed by atoms with E-state index in [2.05, 4.69) is 66.0 Å². The summed E-state index contributed by atoms with van der Waals surface area (Å²) in [6.07, 6.45) is 5.00. The molecule has 0 saturated carbocycles. The van der Waals surface area contributed by atoms with Crippen LogP contribution >= 0.6 is 0 Å². The summed E-state index contributed by atoms with van der Waals surface area (Å²) >= 11 is 0. The molecule has 0 fully saturated rings. The average molecular weight is 290 g/mol. The van der Waals surface area contributed by atoms with Gasteiger partial charge in [0.05, 0.1) is 13.1 Å². The smallest absolute Gasteiger partial charge is 0.0796 e. The van der Waals surface area contributed by atoms with Crippen molar-refractivity contribution in [2.75, 3.05) is 13.1 Å². The highest BCUT2D eigenvalue weighted by Gasteiger charge is 1.96. The Balaban J connectivity index is 0.00000200. The van der Waals surface area contributed by atoms with Crippen LogP contribution in [0.5, 0.6) is 0 Å². The molecule has 20 heavy (non-hydrogen) atoms. The summed E-state index contributed by atoms with van der Waals surface area (Å²) in [5.41, 5.74) is 2.91. The third-order valence-electron chi connectivity index (χ3n) is 3.45. The largest absolute Gasteiger partial charge is 1.00 e. The molecule has 2 aromatic rings. The molecular formula is C18H24ClN. The Labute approximate surface area is 128 Å². The van der Waals surface area contributed by atoms with E-state index >= 15 is 0 Å². The van der Waals surface area contributed by atoms with Crippen LogP contribution in [0.4, 0.5) is 0 Å². The monoisotopic (exact) mass is 289 g/mol. The fourth-order valence-corrected chi connectivity index (χ4v) is 2.32. The fraction of sp³-hybridized carbons (Fsp3) is 0.333. The maximum absolute atomic E-state index is 2.44. The molecule has 0 aromatic heterocycles. The van der Waals surface area contributed by atoms with Gasteiger partial charge < -0.3 is 17.7 Å². The second-order valence-electron chi connectivity index (χ2n) is 5.04. The summed E-state index contributed by atoms with van der Waals surface area (Å²) in [5, 5.41) is 2.44. The van der Waals surface area contributed by atoms with Gasteiger partial charge in [0, 0.05) is 6.42 Å². The molecule has 1 nitrogen and oxygen atoms in total. The average Bonchev–Trinajstić information content (AvgIpc) is 2.48. The number of aryl methyl sites for hydroxylation is 1. The Kier molecular flexibility index (Phi) is 8.77. The van der Waals surface area contributed by atoms with Gasteiger partial charge in [-0.25, -0.2) is 0 Å². The summed E-state index contributed by atoms with van der Waals surface area (Å²) in [6.45, 7) is 2.45. The zero-order valence-corrected chi connectivity index (χ0v) is 12.7. The molecule has 2 N–H and O–H groups in total. The molecule has 0 radical (unpaired) electrons. The normalized spacial score (nSPS) is 10.0. The highest BCUT2D eigenvalue weighted by atomic mass is 35.5. The predicted octanol–water partition coefficient (Wildman–Crippen LogP) is -0.181. The van der Waals surface area contributed by atoms with Crippen LogP contribution in [0.2, 0.25) is 0 Å². The van der Waals surface area contributed by atoms with Gasteiger partial charge in [-0.1, -0.05) is 60.7 Å². The molecule has 0 saturated heterocycles. The second kappa shape index (κ2) is 10.5. The van der Waals surface area contributed by atoms with E-state index in [1.807, 2.05) is 0 Å². The summed E-state index contributed by atoms with van der Waals surface area (Å²) < 4.78 is 0. The van der Waals surface area contributed by atoms with E-state index in [-0.39, 0.29) is 12.4 Å². The van der Waals surface area contributed by atoms with Gasteiger partial charge in [0.1, 0.15) is 0 Å². The molecule has 2 heteroatoms. The van der Waals surface area contributed by atoms with Crippen molar-refractivity contribution in [3.05, 3.63) is 71.8 Å². The van der Waals surface area contributed by atoms with E-state index in [0.717, 1.165) is 0 Å². The van der Waals surface area contributed by atoms with Crippen LogP contribution in [-0.4, -0.2) is 13.1 Å². The molecular weight excluding hydrogens is 266 g/mol. The molecule has 0 spiro atoms. The van der Waals surface area contributed by atoms with Gasteiger partial charge >= 0.3 is 0 Å². The highest BCUT2D eigenvalue weighted by molar-refractivity contribution is 5.15. The zero-order chi connectivity index (χ0) is 13.2. The van der Waals surface area contributed by atoms with Crippen molar-refractivity contribution in [1.82, 2.24) is 0 Å². The molecule has 0 bridgehead atoms. The quantitative estimate of drug-likeness (QED) is 0.650. The van der Waals surface area contributed by atoms with Crippen molar-refractivity contribution in [3.8, 4) is 0 Å². The lowest BCUT2D eigenvalue weighted by molar-refractivity contribution is -0.654. The summed E-state index contributed by atoms with van der Waals surface area (Å²) in [7, 11) is 0. The molecule has 0 aliphatic heterocycles. The maximum atomic E-state index is 2.44. The predicted molar refractivity (Wildman–Crippen MR) is 81.2 cm³/mol. The zero-order valence-electron chi connectivity index (χ0n) is 12.0. The summed E-state index contributed by atoms with van der Waals surface area (Å²) in [5.74, 6) is 0. The molecule has 0 aliphatic rings. The molecule has 0 unspecified atom stereocenters. The summed E-state index contributed by atoms with van der Waals surface area (Å²) in [6, 6.07) is 21.5. The minimum atomic E-state index is 0. The fourth-order valence-electron chi connectivity index (χ4n) is 2.32. The first-order valence-electron chi connectivity index (χ1n) is 7.34. The number of unbranched alkanes of at least 4 members (excludes halogenated alkanes) is 1. The number of rotatable bonds is 8. The van der Waals surface area contributed by atoms with E-state index in [4.69, 9.17) is 0 Å². The van der Waals surface area contributed by atoms with Crippen molar-refractivity contribution in [2.45, 2.75) is 25.7 Å². The Morgan fingerprint density at radius 2 is 1.15 bits per heavy atom. The molecule has 0 atom stereocenters. The van der Waals surface area contributed by atoms with Crippen molar-refractivity contribution in [3.63, 3.8) is 0 Å². The van der Waals surface area contributed by atoms with E-state index in [1.54, 1.807) is 0 Å². The van der Waals surface area contributed by atoms with E-state index < -0.39 is 0 Å². The number of hydrogen-bond donors (Lipinski definition) is 1. The molecule has 108 valence electrons. The summed E-state index contributed by atoms with van der Waals surface area (Å²) in [4.78, 5) is 0. The Morgan fingerprint density at radius 1 is 0.600 bits per heavy atom. The Morgan fingerprint density at radius 3 is 1.75 bits per heavy atom. The van der Waals surface area contributed by atoms with Crippen molar-refractivity contribution >= 4 is 0 Å². The lowest BCUT2D eigenvalue weighted by Gasteiger charge is -2.03. The van der Waals surface area contributed by atoms with Gasteiger partial charge in [-0.3, -0.25) is 0 Å². The standard InChI is InChI=1S/C18H23N.ClH/c1-3-9-17(10-4-1)13-7-8-15-19-16-14-18-11-5-2-6-12-18;/h1-6,9-12,19H,7-8,13-16H2;1H. The van der Waals surface area contributed by atoms with Crippen LogP contribution in [0.15, 0.2) is 60.7 Å². The van der Waals surface area contributed by atoms with Crippen LogP contribution < -0.4 is 17.7 Å². The van der Waals surface area contributed by atoms with Crippen molar-refractivity contribution < 1.29 is 17.7 Å². The molecule has 0 heterocycles. The lowest BCUT2D eigenvalue weighted by Crippen LogP contribution is -3.00. The van der Waals surface area contributed by atoms with E-state index in [1.165, 1.54) is 49.9 Å². The van der Waals surface area contributed by atoms with Gasteiger partial charge in [0.2, 0.25) is 0 Å². The highest BCUT2D eigenvalue weighted by Crippen LogP contribution is 2.03. The third-order valence-corrected chi connectivity index (χ3v) is 3.45. The van der Waals surface area contributed by atoms with Gasteiger partial charge in [0.25, 0.3) is 0 Å². The number of hydrogen-bond acceptors (Lipinski definition) is 0. The minimum absolute atomic E-state index is 0. The number of benzene rings is 2. The molecule has 0 aliphatic carbocycles. The second-order valence-corrected chi connectivity index (χ2v) is 5.04. The van der Waals surface area contributed by atoms with Gasteiger partial charge in [-0.2, -0.15) is 0 Å². The minimum Gasteiger partial charge on any atom is -1.00 e. The van der Waals surface area contributed by atoms with Crippen LogP contribution in [-0.2, 0) is 12.8 Å². The number of nitrogens with two attached hydrogens (primary N) is 1. The first-order valence-corrected chi connectivity index (χ1v) is 7.34. The van der Waals surface area contributed by atoms with Gasteiger partial charge in [-0.15, -0.1) is 0 Å². The van der Waals surface area contributed by atoms with Crippen LogP contribution in [0.25, 0.3) is 0 Å². The third kappa shape index (κ3) is 6.74. The van der Waals surface area contributed by atoms with E-state index in [0.29, 0.717) is 0 Å². The Hall–Kier alpha value is -1.31.